The lowest BCUT2D eigenvalue weighted by Crippen LogP contribution is -2.03. The maximum absolute atomic E-state index is 5.55. The Morgan fingerprint density at radius 2 is 1.65 bits per heavy atom. The first kappa shape index (κ1) is 11.7. The monoisotopic (exact) mass is 238 g/mol. The lowest BCUT2D eigenvalue weighted by Gasteiger charge is -2.09. The van der Waals surface area contributed by atoms with E-state index in [9.17, 15) is 0 Å². The predicted molar refractivity (Wildman–Crippen MR) is 77.6 cm³/mol. The van der Waals surface area contributed by atoms with Crippen LogP contribution in [0.3, 0.4) is 0 Å². The standard InChI is InChI=1S/C16H14S/c1-2-8-13-9-6-7-12-15(13)16(17)14-10-4-3-5-11-14/h2-7,9-12H,1,8H2. The molecule has 0 fully saturated rings. The quantitative estimate of drug-likeness (QED) is 0.437. The van der Waals surface area contributed by atoms with Gasteiger partial charge >= 0.3 is 0 Å². The van der Waals surface area contributed by atoms with Crippen LogP contribution >= 0.6 is 12.2 Å². The second-order valence-electron chi connectivity index (χ2n) is 3.85. The fraction of sp³-hybridized carbons (Fsp3) is 0.0625. The molecule has 0 atom stereocenters. The van der Waals surface area contributed by atoms with Crippen molar-refractivity contribution in [2.24, 2.45) is 0 Å². The highest BCUT2D eigenvalue weighted by molar-refractivity contribution is 7.81. The third kappa shape index (κ3) is 2.69. The summed E-state index contributed by atoms with van der Waals surface area (Å²) in [5, 5.41) is 0. The van der Waals surface area contributed by atoms with Gasteiger partial charge in [0.2, 0.25) is 0 Å². The maximum atomic E-state index is 5.55. The van der Waals surface area contributed by atoms with Gasteiger partial charge < -0.3 is 0 Å². The Balaban J connectivity index is 2.40. The molecule has 2 aromatic rings. The summed E-state index contributed by atoms with van der Waals surface area (Å²) < 4.78 is 0. The molecule has 84 valence electrons. The van der Waals surface area contributed by atoms with Crippen LogP contribution in [-0.2, 0) is 6.42 Å². The number of hydrogen-bond acceptors (Lipinski definition) is 1. The smallest absolute Gasteiger partial charge is 0.0524 e. The Bertz CT molecular complexity index is 526. The first-order valence-corrected chi connectivity index (χ1v) is 6.02. The highest BCUT2D eigenvalue weighted by atomic mass is 32.1. The predicted octanol–water partition coefficient (Wildman–Crippen LogP) is 4.18. The summed E-state index contributed by atoms with van der Waals surface area (Å²) in [4.78, 5) is 0.906. The zero-order valence-corrected chi connectivity index (χ0v) is 10.4. The molecule has 0 amide bonds. The Morgan fingerprint density at radius 3 is 2.35 bits per heavy atom. The van der Waals surface area contributed by atoms with Gasteiger partial charge in [0.05, 0.1) is 4.86 Å². The van der Waals surface area contributed by atoms with Gasteiger partial charge in [0.15, 0.2) is 0 Å². The van der Waals surface area contributed by atoms with Crippen molar-refractivity contribution in [3.05, 3.63) is 83.9 Å². The summed E-state index contributed by atoms with van der Waals surface area (Å²) in [6.07, 6.45) is 2.76. The lowest BCUT2D eigenvalue weighted by molar-refractivity contribution is 1.27. The van der Waals surface area contributed by atoms with E-state index in [-0.39, 0.29) is 0 Å². The van der Waals surface area contributed by atoms with Crippen molar-refractivity contribution in [2.75, 3.05) is 0 Å². The molecular weight excluding hydrogens is 224 g/mol. The number of hydrogen-bond donors (Lipinski definition) is 0. The van der Waals surface area contributed by atoms with Crippen molar-refractivity contribution < 1.29 is 0 Å². The van der Waals surface area contributed by atoms with Crippen LogP contribution in [0.2, 0.25) is 0 Å². The highest BCUT2D eigenvalue weighted by Crippen LogP contribution is 2.16. The largest absolute Gasteiger partial charge is 0.103 e. The van der Waals surface area contributed by atoms with Crippen LogP contribution in [0.25, 0.3) is 0 Å². The molecule has 0 bridgehead atoms. The molecule has 0 nitrogen and oxygen atoms in total. The van der Waals surface area contributed by atoms with Crippen molar-refractivity contribution in [1.29, 1.82) is 0 Å². The number of thiocarbonyl (C=S) groups is 1. The van der Waals surface area contributed by atoms with Crippen molar-refractivity contribution in [1.82, 2.24) is 0 Å². The zero-order chi connectivity index (χ0) is 12.1. The van der Waals surface area contributed by atoms with Gasteiger partial charge in [-0.1, -0.05) is 72.9 Å². The normalized spacial score (nSPS) is 9.88. The second-order valence-corrected chi connectivity index (χ2v) is 4.25. The number of benzene rings is 2. The van der Waals surface area contributed by atoms with Crippen molar-refractivity contribution >= 4 is 17.1 Å². The van der Waals surface area contributed by atoms with Crippen LogP contribution in [0, 0.1) is 0 Å². The Morgan fingerprint density at radius 1 is 1.00 bits per heavy atom. The van der Waals surface area contributed by atoms with E-state index >= 15 is 0 Å². The second kappa shape index (κ2) is 5.55. The summed E-state index contributed by atoms with van der Waals surface area (Å²) in [5.41, 5.74) is 3.46. The summed E-state index contributed by atoms with van der Waals surface area (Å²) in [6, 6.07) is 18.4. The third-order valence-corrected chi connectivity index (χ3v) is 3.12. The van der Waals surface area contributed by atoms with E-state index < -0.39 is 0 Å². The SMILES string of the molecule is C=CCc1ccccc1C(=S)c1ccccc1. The molecular formula is C16H14S. The summed E-state index contributed by atoms with van der Waals surface area (Å²) in [5.74, 6) is 0. The first-order chi connectivity index (χ1) is 8.33. The van der Waals surface area contributed by atoms with Gasteiger partial charge in [0, 0.05) is 0 Å². The van der Waals surface area contributed by atoms with Gasteiger partial charge in [0.1, 0.15) is 0 Å². The van der Waals surface area contributed by atoms with Gasteiger partial charge in [-0.15, -0.1) is 6.58 Å². The summed E-state index contributed by atoms with van der Waals surface area (Å²) in [6.45, 7) is 3.79. The fourth-order valence-electron chi connectivity index (χ4n) is 1.82. The Hall–Kier alpha value is -1.73. The molecule has 1 heteroatoms. The van der Waals surface area contributed by atoms with Gasteiger partial charge in [-0.2, -0.15) is 0 Å². The fourth-order valence-corrected chi connectivity index (χ4v) is 2.16. The molecule has 17 heavy (non-hydrogen) atoms. The van der Waals surface area contributed by atoms with Crippen LogP contribution in [0.1, 0.15) is 16.7 Å². The van der Waals surface area contributed by atoms with E-state index in [0.717, 1.165) is 22.4 Å². The van der Waals surface area contributed by atoms with E-state index in [4.69, 9.17) is 12.2 Å². The van der Waals surface area contributed by atoms with Crippen LogP contribution in [0.15, 0.2) is 67.3 Å². The van der Waals surface area contributed by atoms with E-state index in [1.807, 2.05) is 48.5 Å². The molecule has 0 aromatic heterocycles. The number of allylic oxidation sites excluding steroid dienone is 1. The van der Waals surface area contributed by atoms with Crippen molar-refractivity contribution in [3.8, 4) is 0 Å². The molecule has 0 aliphatic rings. The molecule has 2 rings (SSSR count). The Kier molecular flexibility index (Phi) is 3.84. The molecule has 0 unspecified atom stereocenters. The summed E-state index contributed by atoms with van der Waals surface area (Å²) >= 11 is 5.55. The molecule has 0 saturated heterocycles. The van der Waals surface area contributed by atoms with Gasteiger partial charge in [-0.25, -0.2) is 0 Å². The first-order valence-electron chi connectivity index (χ1n) is 5.61. The minimum atomic E-state index is 0.850. The molecule has 0 aliphatic heterocycles. The molecule has 0 radical (unpaired) electrons. The van der Waals surface area contributed by atoms with E-state index in [1.165, 1.54) is 5.56 Å². The molecule has 2 aromatic carbocycles. The molecule has 0 heterocycles. The van der Waals surface area contributed by atoms with Crippen LogP contribution in [0.5, 0.6) is 0 Å². The minimum absolute atomic E-state index is 0.850. The summed E-state index contributed by atoms with van der Waals surface area (Å²) in [7, 11) is 0. The third-order valence-electron chi connectivity index (χ3n) is 2.66. The number of rotatable bonds is 4. The zero-order valence-electron chi connectivity index (χ0n) is 9.60. The van der Waals surface area contributed by atoms with Gasteiger partial charge in [-0.05, 0) is 23.1 Å². The average molecular weight is 238 g/mol. The van der Waals surface area contributed by atoms with Crippen LogP contribution < -0.4 is 0 Å². The van der Waals surface area contributed by atoms with E-state index in [2.05, 4.69) is 18.7 Å². The van der Waals surface area contributed by atoms with Crippen LogP contribution in [-0.4, -0.2) is 4.86 Å². The molecule has 0 N–H and O–H groups in total. The van der Waals surface area contributed by atoms with Crippen molar-refractivity contribution in [3.63, 3.8) is 0 Å². The van der Waals surface area contributed by atoms with Gasteiger partial charge in [0.25, 0.3) is 0 Å². The Labute approximate surface area is 108 Å². The lowest BCUT2D eigenvalue weighted by atomic mass is 9.98. The molecule has 0 aliphatic carbocycles. The highest BCUT2D eigenvalue weighted by Gasteiger charge is 2.07. The molecule has 0 spiro atoms. The topological polar surface area (TPSA) is 0 Å². The van der Waals surface area contributed by atoms with E-state index in [0.29, 0.717) is 0 Å². The maximum Gasteiger partial charge on any atom is 0.0524 e. The average Bonchev–Trinajstić information content (AvgIpc) is 2.40. The van der Waals surface area contributed by atoms with E-state index in [1.54, 1.807) is 0 Å². The minimum Gasteiger partial charge on any atom is -0.103 e. The molecule has 0 saturated carbocycles. The van der Waals surface area contributed by atoms with Crippen LogP contribution in [0.4, 0.5) is 0 Å². The van der Waals surface area contributed by atoms with Crippen molar-refractivity contribution in [2.45, 2.75) is 6.42 Å². The van der Waals surface area contributed by atoms with Gasteiger partial charge in [-0.3, -0.25) is 0 Å².